The fraction of sp³-hybridized carbons (Fsp3) is 0.121. The van der Waals surface area contributed by atoms with Gasteiger partial charge in [-0.2, -0.15) is 0 Å². The van der Waals surface area contributed by atoms with Crippen LogP contribution in [0.4, 0.5) is 0 Å². The molecule has 0 aliphatic carbocycles. The van der Waals surface area contributed by atoms with E-state index in [2.05, 4.69) is 5.32 Å². The number of carboxylic acids is 1. The number of hydrogen-bond donors (Lipinski definition) is 3. The van der Waals surface area contributed by atoms with Gasteiger partial charge in [0.25, 0.3) is 11.8 Å². The lowest BCUT2D eigenvalue weighted by molar-refractivity contribution is -0.145. The van der Waals surface area contributed by atoms with Gasteiger partial charge in [-0.25, -0.2) is 4.79 Å². The van der Waals surface area contributed by atoms with Crippen LogP contribution in [0.2, 0.25) is 0 Å². The van der Waals surface area contributed by atoms with Gasteiger partial charge in [0.1, 0.15) is 29.2 Å². The highest BCUT2D eigenvalue weighted by atomic mass is 32.2. The molecular weight excluding hydrogens is 599 g/mol. The van der Waals surface area contributed by atoms with E-state index < -0.39 is 54.4 Å². The molecule has 11 heteroatoms. The predicted octanol–water partition coefficient (Wildman–Crippen LogP) is 2.18. The van der Waals surface area contributed by atoms with Crippen LogP contribution < -0.4 is 26.0 Å². The van der Waals surface area contributed by atoms with Gasteiger partial charge >= 0.3 is 5.97 Å². The molecule has 1 fully saturated rings. The number of para-hydroxylation sites is 1. The molecule has 0 spiro atoms. The number of aliphatic hydroxyl groups excluding tert-OH is 1. The molecule has 2 atom stereocenters. The number of carboxylic acid groups (broad SMARTS) is 1. The SMILES string of the molecule is O=C(COc1ccccc1)NC1C(=O)N(C(C(=O)O)=P(c2ccccc2)(c2ccccc2)c2ccccc2)C1SC(=O)CO. The predicted molar refractivity (Wildman–Crippen MR) is 172 cm³/mol. The molecule has 4 aromatic carbocycles. The molecule has 1 aliphatic rings. The van der Waals surface area contributed by atoms with Crippen molar-refractivity contribution in [2.45, 2.75) is 11.4 Å². The second-order valence-electron chi connectivity index (χ2n) is 9.70. The monoisotopic (exact) mass is 628 g/mol. The average molecular weight is 629 g/mol. The number of likely N-dealkylation sites (tertiary alicyclic amines) is 1. The van der Waals surface area contributed by atoms with Crippen LogP contribution in [-0.4, -0.2) is 68.1 Å². The third kappa shape index (κ3) is 6.05. The van der Waals surface area contributed by atoms with Gasteiger partial charge in [-0.05, 0) is 28.0 Å². The lowest BCUT2D eigenvalue weighted by Crippen LogP contribution is -2.72. The van der Waals surface area contributed by atoms with Crippen molar-refractivity contribution in [3.8, 4) is 5.75 Å². The summed E-state index contributed by atoms with van der Waals surface area (Å²) in [5.74, 6) is -2.20. The number of nitrogens with zero attached hydrogens (tertiary/aromatic N) is 1. The molecule has 5 rings (SSSR count). The third-order valence-electron chi connectivity index (χ3n) is 7.02. The van der Waals surface area contributed by atoms with E-state index in [9.17, 15) is 29.4 Å². The summed E-state index contributed by atoms with van der Waals surface area (Å²) >= 11 is 0.604. The van der Waals surface area contributed by atoms with Crippen LogP contribution in [0.15, 0.2) is 121 Å². The summed E-state index contributed by atoms with van der Waals surface area (Å²) < 4.78 is 5.51. The van der Waals surface area contributed by atoms with E-state index in [1.807, 2.05) is 91.0 Å². The second-order valence-corrected chi connectivity index (χ2v) is 14.2. The molecule has 2 unspecified atom stereocenters. The van der Waals surface area contributed by atoms with E-state index in [1.165, 1.54) is 0 Å². The Bertz CT molecular complexity index is 1600. The molecule has 0 bridgehead atoms. The van der Waals surface area contributed by atoms with Crippen molar-refractivity contribution in [2.75, 3.05) is 13.2 Å². The van der Waals surface area contributed by atoms with Crippen molar-refractivity contribution in [1.29, 1.82) is 0 Å². The molecule has 1 saturated heterocycles. The number of carbonyl (C=O) groups is 4. The Morgan fingerprint density at radius 1 is 0.773 bits per heavy atom. The average Bonchev–Trinajstić information content (AvgIpc) is 3.07. The number of benzene rings is 4. The maximum atomic E-state index is 14.0. The number of β-lactam (4-membered cyclic amide) rings is 1. The number of aliphatic carboxylic acids is 1. The van der Waals surface area contributed by atoms with Gasteiger partial charge in [0.2, 0.25) is 5.12 Å². The summed E-state index contributed by atoms with van der Waals surface area (Å²) in [6.45, 7) is -4.52. The Morgan fingerprint density at radius 2 is 1.23 bits per heavy atom. The highest BCUT2D eigenvalue weighted by Gasteiger charge is 2.55. The van der Waals surface area contributed by atoms with Gasteiger partial charge in [-0.15, -0.1) is 0 Å². The number of rotatable bonds is 11. The highest BCUT2D eigenvalue weighted by Crippen LogP contribution is 2.49. The number of carbonyl (C=O) groups excluding carboxylic acids is 3. The Hall–Kier alpha value is -4.63. The normalized spacial score (nSPS) is 16.0. The maximum Gasteiger partial charge on any atom is 0.353 e. The van der Waals surface area contributed by atoms with Crippen LogP contribution in [0.25, 0.3) is 0 Å². The third-order valence-corrected chi connectivity index (χ3v) is 12.4. The van der Waals surface area contributed by atoms with E-state index >= 15 is 0 Å². The highest BCUT2D eigenvalue weighted by molar-refractivity contribution is 8.14. The Labute approximate surface area is 258 Å². The smallest absolute Gasteiger partial charge is 0.353 e. The second kappa shape index (κ2) is 13.8. The van der Waals surface area contributed by atoms with E-state index in [-0.39, 0.29) is 5.42 Å². The Morgan fingerprint density at radius 3 is 1.66 bits per heavy atom. The van der Waals surface area contributed by atoms with Gasteiger partial charge in [0.15, 0.2) is 6.61 Å². The van der Waals surface area contributed by atoms with Crippen molar-refractivity contribution in [1.82, 2.24) is 10.2 Å². The first kappa shape index (κ1) is 30.8. The summed E-state index contributed by atoms with van der Waals surface area (Å²) in [4.78, 5) is 54.0. The molecule has 1 aliphatic heterocycles. The number of thioether (sulfide) groups is 1. The van der Waals surface area contributed by atoms with Crippen LogP contribution in [0, 0.1) is 0 Å². The minimum Gasteiger partial charge on any atom is -0.484 e. The fourth-order valence-electron chi connectivity index (χ4n) is 5.17. The summed E-state index contributed by atoms with van der Waals surface area (Å²) in [6, 6.07) is 34.8. The first-order chi connectivity index (χ1) is 21.4. The van der Waals surface area contributed by atoms with Crippen molar-refractivity contribution in [2.24, 2.45) is 0 Å². The molecule has 0 radical (unpaired) electrons. The van der Waals surface area contributed by atoms with Crippen LogP contribution in [0.3, 0.4) is 0 Å². The van der Waals surface area contributed by atoms with Crippen molar-refractivity contribution in [3.63, 3.8) is 0 Å². The topological polar surface area (TPSA) is 133 Å². The molecule has 4 aromatic rings. The number of hydrogen-bond acceptors (Lipinski definition) is 7. The maximum absolute atomic E-state index is 14.0. The summed E-state index contributed by atoms with van der Waals surface area (Å²) in [6.07, 6.45) is 0. The minimum absolute atomic E-state index is 0.208. The minimum atomic E-state index is -3.28. The number of ether oxygens (including phenoxy) is 1. The summed E-state index contributed by atoms with van der Waals surface area (Å²) in [5.41, 5.74) is -0.208. The fourth-order valence-corrected chi connectivity index (χ4v) is 10.5. The standard InChI is InChI=1S/C33H29N2O7PS/c36-21-28(38)44-32-29(34-27(37)22-42-23-13-5-1-6-14-23)30(39)35(32)31(33(40)41)43(24-15-7-2-8-16-24,25-17-9-3-10-18-25)26-19-11-4-12-20-26/h1-20,29,32,36H,21-22H2,(H,34,37)(H,40,41). The zero-order valence-electron chi connectivity index (χ0n) is 23.4. The van der Waals surface area contributed by atoms with E-state index in [0.29, 0.717) is 33.4 Å². The van der Waals surface area contributed by atoms with Crippen LogP contribution in [0.1, 0.15) is 0 Å². The molecule has 0 aromatic heterocycles. The summed E-state index contributed by atoms with van der Waals surface area (Å²) in [5, 5.41) is 23.4. The van der Waals surface area contributed by atoms with Crippen LogP contribution >= 0.6 is 18.6 Å². The van der Waals surface area contributed by atoms with Crippen molar-refractivity contribution < 1.29 is 34.1 Å². The largest absolute Gasteiger partial charge is 0.484 e. The number of amides is 2. The summed E-state index contributed by atoms with van der Waals surface area (Å²) in [7, 11) is 0. The molecule has 3 N–H and O–H groups in total. The van der Waals surface area contributed by atoms with Gasteiger partial charge in [0, 0.05) is 6.89 Å². The number of aliphatic hydroxyl groups is 1. The van der Waals surface area contributed by atoms with Gasteiger partial charge in [-0.3, -0.25) is 19.3 Å². The molecular formula is C33H29N2O7PS. The van der Waals surface area contributed by atoms with Crippen molar-refractivity contribution >= 4 is 62.9 Å². The number of nitrogens with one attached hydrogen (secondary N) is 1. The quantitative estimate of drug-likeness (QED) is 0.170. The first-order valence-corrected chi connectivity index (χ1v) is 16.3. The van der Waals surface area contributed by atoms with Crippen LogP contribution in [-0.2, 0) is 19.2 Å². The molecule has 2 amide bonds. The van der Waals surface area contributed by atoms with Gasteiger partial charge in [-0.1, -0.05) is 121 Å². The van der Waals surface area contributed by atoms with E-state index in [4.69, 9.17) is 4.74 Å². The molecule has 224 valence electrons. The molecule has 9 nitrogen and oxygen atoms in total. The Kier molecular flexibility index (Phi) is 9.65. The lowest BCUT2D eigenvalue weighted by atomic mass is 10.1. The lowest BCUT2D eigenvalue weighted by Gasteiger charge is -2.48. The Balaban J connectivity index is 1.67. The van der Waals surface area contributed by atoms with Gasteiger partial charge in [0.05, 0.1) is 0 Å². The van der Waals surface area contributed by atoms with Crippen LogP contribution in [0.5, 0.6) is 5.75 Å². The zero-order chi connectivity index (χ0) is 31.1. The first-order valence-electron chi connectivity index (χ1n) is 13.6. The molecule has 1 heterocycles. The van der Waals surface area contributed by atoms with Crippen molar-refractivity contribution in [3.05, 3.63) is 121 Å². The van der Waals surface area contributed by atoms with E-state index in [0.717, 1.165) is 4.90 Å². The molecule has 44 heavy (non-hydrogen) atoms. The van der Waals surface area contributed by atoms with Gasteiger partial charge < -0.3 is 20.3 Å². The zero-order valence-corrected chi connectivity index (χ0v) is 25.1. The van der Waals surface area contributed by atoms with E-state index in [1.54, 1.807) is 30.3 Å². The molecule has 0 saturated carbocycles.